The van der Waals surface area contributed by atoms with E-state index in [0.29, 0.717) is 29.2 Å². The molecule has 134 valence electrons. The molecule has 0 bridgehead atoms. The molecule has 0 atom stereocenters. The summed E-state index contributed by atoms with van der Waals surface area (Å²) in [5.74, 6) is -0.468. The molecule has 26 heavy (non-hydrogen) atoms. The van der Waals surface area contributed by atoms with E-state index < -0.39 is 0 Å². The van der Waals surface area contributed by atoms with E-state index in [0.717, 1.165) is 5.56 Å². The summed E-state index contributed by atoms with van der Waals surface area (Å²) >= 11 is 0. The third-order valence-corrected chi connectivity index (χ3v) is 4.39. The van der Waals surface area contributed by atoms with Crippen LogP contribution in [0, 0.1) is 5.92 Å². The second-order valence-electron chi connectivity index (χ2n) is 7.02. The zero-order chi connectivity index (χ0) is 18.8. The van der Waals surface area contributed by atoms with Crippen LogP contribution in [0.4, 0.5) is 0 Å². The maximum absolute atomic E-state index is 12.7. The lowest BCUT2D eigenvalue weighted by atomic mass is 10.0. The second kappa shape index (κ2) is 7.12. The van der Waals surface area contributed by atoms with Gasteiger partial charge in [0.1, 0.15) is 0 Å². The molecule has 0 aromatic heterocycles. The zero-order valence-electron chi connectivity index (χ0n) is 15.2. The summed E-state index contributed by atoms with van der Waals surface area (Å²) in [5, 5.41) is 0. The Hall–Kier alpha value is -2.95. The Morgan fingerprint density at radius 2 is 1.65 bits per heavy atom. The van der Waals surface area contributed by atoms with Crippen LogP contribution in [0.1, 0.15) is 50.5 Å². The van der Waals surface area contributed by atoms with Crippen molar-refractivity contribution < 1.29 is 14.4 Å². The number of benzene rings is 2. The summed E-state index contributed by atoms with van der Waals surface area (Å²) in [6.07, 6.45) is 0. The van der Waals surface area contributed by atoms with Gasteiger partial charge in [0.2, 0.25) is 0 Å². The molecule has 2 aromatic rings. The predicted molar refractivity (Wildman–Crippen MR) is 98.9 cm³/mol. The number of rotatable bonds is 5. The molecule has 0 radical (unpaired) electrons. The summed E-state index contributed by atoms with van der Waals surface area (Å²) < 4.78 is 0. The lowest BCUT2D eigenvalue weighted by Crippen LogP contribution is -2.30. The lowest BCUT2D eigenvalue weighted by Gasteiger charge is -2.19. The number of fused-ring (bicyclic) bond motifs is 1. The van der Waals surface area contributed by atoms with E-state index in [9.17, 15) is 14.4 Å². The van der Waals surface area contributed by atoms with Crippen LogP contribution in [0.5, 0.6) is 0 Å². The van der Waals surface area contributed by atoms with Crippen LogP contribution in [0.25, 0.3) is 0 Å². The van der Waals surface area contributed by atoms with Crippen LogP contribution in [-0.4, -0.2) is 41.1 Å². The maximum Gasteiger partial charge on any atom is 0.261 e. The van der Waals surface area contributed by atoms with Gasteiger partial charge in [0.15, 0.2) is 0 Å². The number of amides is 3. The molecule has 0 saturated carbocycles. The number of carbonyl (C=O) groups is 3. The van der Waals surface area contributed by atoms with E-state index in [1.54, 1.807) is 30.1 Å². The number of imide groups is 1. The largest absolute Gasteiger partial charge is 0.341 e. The topological polar surface area (TPSA) is 57.7 Å². The van der Waals surface area contributed by atoms with Crippen molar-refractivity contribution in [1.82, 2.24) is 9.80 Å². The monoisotopic (exact) mass is 350 g/mol. The third kappa shape index (κ3) is 3.38. The average molecular weight is 350 g/mol. The molecule has 0 spiro atoms. The first-order valence-electron chi connectivity index (χ1n) is 8.68. The molecule has 3 amide bonds. The molecule has 0 aliphatic carbocycles. The molecule has 1 heterocycles. The first-order valence-corrected chi connectivity index (χ1v) is 8.68. The fraction of sp³-hybridized carbons (Fsp3) is 0.286. The zero-order valence-corrected chi connectivity index (χ0v) is 15.2. The summed E-state index contributed by atoms with van der Waals surface area (Å²) in [7, 11) is 1.74. The van der Waals surface area contributed by atoms with E-state index in [1.165, 1.54) is 4.90 Å². The van der Waals surface area contributed by atoms with Gasteiger partial charge in [-0.3, -0.25) is 19.3 Å². The molecule has 3 rings (SSSR count). The van der Waals surface area contributed by atoms with Gasteiger partial charge in [-0.15, -0.1) is 0 Å². The summed E-state index contributed by atoms with van der Waals surface area (Å²) in [6.45, 7) is 4.93. The molecule has 0 saturated heterocycles. The Balaban J connectivity index is 1.85. The van der Waals surface area contributed by atoms with Crippen molar-refractivity contribution in [2.75, 3.05) is 13.6 Å². The molecular formula is C21H22N2O3. The van der Waals surface area contributed by atoms with Crippen LogP contribution < -0.4 is 0 Å². The first kappa shape index (κ1) is 17.9. The molecule has 1 aliphatic rings. The molecular weight excluding hydrogens is 328 g/mol. The van der Waals surface area contributed by atoms with Crippen molar-refractivity contribution in [1.29, 1.82) is 0 Å². The van der Waals surface area contributed by atoms with Gasteiger partial charge in [0.05, 0.1) is 17.7 Å². The molecule has 0 N–H and O–H groups in total. The third-order valence-electron chi connectivity index (χ3n) is 4.39. The highest BCUT2D eigenvalue weighted by molar-refractivity contribution is 6.22. The van der Waals surface area contributed by atoms with Crippen molar-refractivity contribution in [2.24, 2.45) is 5.92 Å². The Labute approximate surface area is 153 Å². The van der Waals surface area contributed by atoms with Gasteiger partial charge in [0.25, 0.3) is 17.7 Å². The van der Waals surface area contributed by atoms with Gasteiger partial charge in [-0.25, -0.2) is 0 Å². The van der Waals surface area contributed by atoms with Crippen LogP contribution >= 0.6 is 0 Å². The molecule has 1 aliphatic heterocycles. The van der Waals surface area contributed by atoms with E-state index in [-0.39, 0.29) is 24.3 Å². The highest BCUT2D eigenvalue weighted by atomic mass is 16.2. The van der Waals surface area contributed by atoms with Gasteiger partial charge in [-0.05, 0) is 29.7 Å². The number of nitrogens with zero attached hydrogens (tertiary/aromatic N) is 2. The fourth-order valence-electron chi connectivity index (χ4n) is 3.18. The second-order valence-corrected chi connectivity index (χ2v) is 7.02. The van der Waals surface area contributed by atoms with Gasteiger partial charge >= 0.3 is 0 Å². The molecule has 0 unspecified atom stereocenters. The lowest BCUT2D eigenvalue weighted by molar-refractivity contribution is 0.0642. The summed E-state index contributed by atoms with van der Waals surface area (Å²) in [6, 6.07) is 14.1. The van der Waals surface area contributed by atoms with Gasteiger partial charge in [-0.1, -0.05) is 44.2 Å². The smallest absolute Gasteiger partial charge is 0.261 e. The normalized spacial score (nSPS) is 13.3. The van der Waals surface area contributed by atoms with Crippen molar-refractivity contribution in [3.05, 3.63) is 70.8 Å². The van der Waals surface area contributed by atoms with E-state index in [2.05, 4.69) is 0 Å². The van der Waals surface area contributed by atoms with Crippen LogP contribution in [0.2, 0.25) is 0 Å². The van der Waals surface area contributed by atoms with Crippen molar-refractivity contribution in [3.8, 4) is 0 Å². The Morgan fingerprint density at radius 3 is 2.31 bits per heavy atom. The highest BCUT2D eigenvalue weighted by Crippen LogP contribution is 2.26. The van der Waals surface area contributed by atoms with Crippen LogP contribution in [0.3, 0.4) is 0 Å². The Morgan fingerprint density at radius 1 is 1.00 bits per heavy atom. The molecule has 2 aromatic carbocycles. The molecule has 0 fully saturated rings. The van der Waals surface area contributed by atoms with Gasteiger partial charge in [0, 0.05) is 19.2 Å². The van der Waals surface area contributed by atoms with E-state index in [1.807, 2.05) is 44.2 Å². The van der Waals surface area contributed by atoms with Crippen LogP contribution in [0.15, 0.2) is 48.5 Å². The first-order chi connectivity index (χ1) is 12.4. The standard InChI is InChI=1S/C21H22N2O3/c1-14(2)12-22(3)19(24)16-9-10-17-18(11-16)21(26)23(20(17)25)13-15-7-5-4-6-8-15/h4-11,14H,12-13H2,1-3H3. The Kier molecular flexibility index (Phi) is 4.89. The summed E-state index contributed by atoms with van der Waals surface area (Å²) in [4.78, 5) is 40.7. The van der Waals surface area contributed by atoms with Gasteiger partial charge < -0.3 is 4.90 Å². The Bertz CT molecular complexity index is 859. The van der Waals surface area contributed by atoms with E-state index >= 15 is 0 Å². The highest BCUT2D eigenvalue weighted by Gasteiger charge is 2.36. The number of hydrogen-bond acceptors (Lipinski definition) is 3. The van der Waals surface area contributed by atoms with Gasteiger partial charge in [-0.2, -0.15) is 0 Å². The van der Waals surface area contributed by atoms with Crippen LogP contribution in [-0.2, 0) is 6.54 Å². The molecule has 5 heteroatoms. The fourth-order valence-corrected chi connectivity index (χ4v) is 3.18. The minimum atomic E-state index is -0.352. The maximum atomic E-state index is 12.7. The minimum absolute atomic E-state index is 0.150. The number of hydrogen-bond donors (Lipinski definition) is 0. The summed E-state index contributed by atoms with van der Waals surface area (Å²) in [5.41, 5.74) is 1.97. The minimum Gasteiger partial charge on any atom is -0.341 e. The predicted octanol–water partition coefficient (Wildman–Crippen LogP) is 3.21. The van der Waals surface area contributed by atoms with Crippen molar-refractivity contribution in [3.63, 3.8) is 0 Å². The average Bonchev–Trinajstić information content (AvgIpc) is 2.86. The van der Waals surface area contributed by atoms with E-state index in [4.69, 9.17) is 0 Å². The quantitative estimate of drug-likeness (QED) is 0.778. The van der Waals surface area contributed by atoms with Crippen molar-refractivity contribution >= 4 is 17.7 Å². The van der Waals surface area contributed by atoms with Crippen molar-refractivity contribution in [2.45, 2.75) is 20.4 Å². The number of carbonyl (C=O) groups excluding carboxylic acids is 3. The SMILES string of the molecule is CC(C)CN(C)C(=O)c1ccc2c(c1)C(=O)N(Cc1ccccc1)C2=O. The molecule has 5 nitrogen and oxygen atoms in total.